The number of aryl methyl sites for hydroxylation is 6. The smallest absolute Gasteiger partial charge is 0.272 e. The Morgan fingerprint density at radius 1 is 0.350 bits per heavy atom. The second-order valence-corrected chi connectivity index (χ2v) is 40.9. The highest BCUT2D eigenvalue weighted by atomic mass is 19.1. The number of hydrogen-bond acceptors (Lipinski definition) is 20. The number of hydrogen-bond donors (Lipinski definition) is 10. The van der Waals surface area contributed by atoms with E-state index in [9.17, 15) is 37.1 Å². The summed E-state index contributed by atoms with van der Waals surface area (Å²) in [5.74, 6) is 1.06. The molecule has 0 bridgehead atoms. The summed E-state index contributed by atoms with van der Waals surface area (Å²) in [6, 6.07) is 30.4. The average Bonchev–Trinajstić information content (AvgIpc) is 1.66. The lowest BCUT2D eigenvalue weighted by atomic mass is 9.85. The number of halogens is 3. The second-order valence-electron chi connectivity index (χ2n) is 40.9. The highest BCUT2D eigenvalue weighted by Gasteiger charge is 2.37. The van der Waals surface area contributed by atoms with Crippen molar-refractivity contribution < 1.29 is 37.1 Å². The third-order valence-corrected chi connectivity index (χ3v) is 28.0. The van der Waals surface area contributed by atoms with Gasteiger partial charge >= 0.3 is 0 Å². The van der Waals surface area contributed by atoms with Crippen LogP contribution in [-0.2, 0) is 35.2 Å². The molecule has 6 fully saturated rings. The van der Waals surface area contributed by atoms with E-state index in [1.807, 2.05) is 175 Å². The van der Waals surface area contributed by atoms with Gasteiger partial charge in [-0.15, -0.1) is 0 Å². The molecular weight excluding hydrogens is 1820 g/mol. The molecule has 5 aliphatic heterocycles. The van der Waals surface area contributed by atoms with Crippen LogP contribution in [0.15, 0.2) is 147 Å². The Bertz CT molecular complexity index is 6500. The molecule has 5 amide bonds. The Morgan fingerprint density at radius 2 is 0.643 bits per heavy atom. The molecule has 21 rings (SSSR count). The van der Waals surface area contributed by atoms with Crippen molar-refractivity contribution in [2.75, 3.05) is 98.7 Å². The fraction of sp³-hybridized carbons (Fsp3) is 0.476. The minimum atomic E-state index is -1.08. The first kappa shape index (κ1) is 101. The third kappa shape index (κ3) is 25.0. The standard InChI is InChI=1S/C23H30N6O.3C21H27FN6O.C19H24N6O/c1-28-15-18(13-24-28)17-6-9-21-20(12-17)22(27-26-21)23(30)25-19-7-4-16(5-8-19)14-29-10-2-3-11-29;3*1-13(2)10-28-7-6-19(17(22)12-28)24-21(29)20-16-8-14(4-5-18(16)25-26-20)15-9-23-27(3)11-15;1-12-10-17(25(3)23-12)13-4-5-16-15(11-13)18(22-21-16)19(26)20-14-6-8-24(2)9-7-14/h6,9,12-13,15-16,19H,2-5,7-8,10-11,14H2,1H3,(H,25,30)(H,26,27);3*4-5,8-9,11,13,17,19H,6-7,10,12H2,1-3H3,(H,24,29)(H,25,26);4-5,10-11,14H,6-9H2,1-3H3,(H,20,26)(H,21,22)/t;2*17-,19+;17-,19-;/m.101./s1. The highest BCUT2D eigenvalue weighted by molar-refractivity contribution is 6.09. The molecule has 15 aromatic rings. The zero-order chi connectivity index (χ0) is 100. The van der Waals surface area contributed by atoms with E-state index in [0.29, 0.717) is 85.1 Å². The predicted molar refractivity (Wildman–Crippen MR) is 549 cm³/mol. The van der Waals surface area contributed by atoms with Gasteiger partial charge in [0.25, 0.3) is 29.5 Å². The van der Waals surface area contributed by atoms with Crippen molar-refractivity contribution in [1.82, 2.24) is 151 Å². The second kappa shape index (κ2) is 45.4. The lowest BCUT2D eigenvalue weighted by Crippen LogP contribution is -2.53. The lowest BCUT2D eigenvalue weighted by molar-refractivity contribution is 0.0745. The molecular formula is C105H135F3N30O5. The number of benzene rings is 5. The minimum absolute atomic E-state index is 0.0763. The average molecular weight is 1950 g/mol. The van der Waals surface area contributed by atoms with Gasteiger partial charge in [-0.3, -0.25) is 72.9 Å². The first-order valence-corrected chi connectivity index (χ1v) is 50.3. The number of carbonyl (C=O) groups is 5. The molecule has 5 saturated heterocycles. The Labute approximate surface area is 829 Å². The summed E-state index contributed by atoms with van der Waals surface area (Å²) in [7, 11) is 11.5. The van der Waals surface area contributed by atoms with Gasteiger partial charge in [0, 0.05) is 192 Å². The number of fused-ring (bicyclic) bond motifs is 5. The summed E-state index contributed by atoms with van der Waals surface area (Å²) in [5.41, 5.74) is 16.7. The monoisotopic (exact) mass is 1950 g/mol. The molecule has 0 spiro atoms. The lowest BCUT2D eigenvalue weighted by Gasteiger charge is -2.35. The zero-order valence-corrected chi connectivity index (χ0v) is 84.1. The van der Waals surface area contributed by atoms with Gasteiger partial charge in [0.1, 0.15) is 18.5 Å². The SMILES string of the molecule is CC(C)CN1CC[C@@H](NC(=O)c2n[nH]c3ccc(-c4cnn(C)c4)cc23)[C@@H](F)C1.CC(C)CN1CC[C@@H](NC(=O)c2n[nH]c3ccc(-c4cnn(C)c4)cc23)[C@H](F)C1.CC(C)CN1CC[C@H](NC(=O)c2n[nH]c3ccc(-c4cnn(C)c4)cc23)[C@H](F)C1.Cc1cc(-c2ccc3[nH]nc(C(=O)NC4CCN(C)CC4)c3c2)n(C)n1.Cn1cc(-c2ccc3[nH]nc(C(=O)NC4CCC(CN5CCCC5)CC4)c3c2)cn1. The number of aromatic nitrogens is 20. The van der Waals surface area contributed by atoms with Crippen LogP contribution in [0.25, 0.3) is 110 Å². The summed E-state index contributed by atoms with van der Waals surface area (Å²) in [4.78, 5) is 75.6. The number of likely N-dealkylation sites (tertiary alicyclic amines) is 5. The van der Waals surface area contributed by atoms with Crippen molar-refractivity contribution in [2.24, 2.45) is 58.9 Å². The van der Waals surface area contributed by atoms with E-state index in [0.717, 1.165) is 200 Å². The number of alkyl halides is 3. The summed E-state index contributed by atoms with van der Waals surface area (Å²) in [6.07, 6.45) is 22.6. The van der Waals surface area contributed by atoms with E-state index >= 15 is 0 Å². The minimum Gasteiger partial charge on any atom is -0.348 e. The molecule has 35 nitrogen and oxygen atoms in total. The molecule has 10 N–H and O–H groups in total. The predicted octanol–water partition coefficient (Wildman–Crippen LogP) is 13.7. The van der Waals surface area contributed by atoms with E-state index in [1.54, 1.807) is 37.3 Å². The Hall–Kier alpha value is -13.6. The summed E-state index contributed by atoms with van der Waals surface area (Å²) >= 11 is 0. The van der Waals surface area contributed by atoms with Gasteiger partial charge in [-0.1, -0.05) is 71.9 Å². The molecule has 6 aliphatic rings. The van der Waals surface area contributed by atoms with Crippen LogP contribution in [0.4, 0.5) is 13.2 Å². The first-order chi connectivity index (χ1) is 68.9. The van der Waals surface area contributed by atoms with Crippen LogP contribution in [0.2, 0.25) is 0 Å². The topological polar surface area (TPSA) is 394 Å². The Morgan fingerprint density at radius 3 is 0.923 bits per heavy atom. The Kier molecular flexibility index (Phi) is 32.0. The number of nitrogens with one attached hydrogen (secondary N) is 10. The maximum atomic E-state index is 14.7. The van der Waals surface area contributed by atoms with Gasteiger partial charge in [0.05, 0.1) is 81.9 Å². The van der Waals surface area contributed by atoms with Crippen molar-refractivity contribution in [3.05, 3.63) is 181 Å². The van der Waals surface area contributed by atoms with Gasteiger partial charge in [-0.25, -0.2) is 13.2 Å². The van der Waals surface area contributed by atoms with Crippen LogP contribution in [0.5, 0.6) is 0 Å². The molecule has 10 aromatic heterocycles. The van der Waals surface area contributed by atoms with Crippen molar-refractivity contribution in [3.8, 4) is 55.8 Å². The van der Waals surface area contributed by atoms with E-state index in [4.69, 9.17) is 0 Å². The van der Waals surface area contributed by atoms with Gasteiger partial charge in [0.15, 0.2) is 28.5 Å². The number of amides is 5. The number of H-pyrrole nitrogens is 5. The van der Waals surface area contributed by atoms with Crippen LogP contribution in [0.1, 0.15) is 170 Å². The summed E-state index contributed by atoms with van der Waals surface area (Å²) in [5, 5.41) is 75.9. The van der Waals surface area contributed by atoms with Crippen LogP contribution < -0.4 is 26.6 Å². The molecule has 6 atom stereocenters. The highest BCUT2D eigenvalue weighted by Crippen LogP contribution is 2.35. The maximum absolute atomic E-state index is 14.7. The largest absolute Gasteiger partial charge is 0.348 e. The number of rotatable bonds is 23. The van der Waals surface area contributed by atoms with E-state index in [1.165, 1.54) is 45.3 Å². The molecule has 15 heterocycles. The van der Waals surface area contributed by atoms with Crippen LogP contribution in [-0.4, -0.2) is 301 Å². The fourth-order valence-corrected chi connectivity index (χ4v) is 20.6. The Balaban J connectivity index is 0.000000123. The van der Waals surface area contributed by atoms with Gasteiger partial charge in [0.2, 0.25) is 0 Å². The molecule has 0 unspecified atom stereocenters. The molecule has 1 saturated carbocycles. The molecule has 0 radical (unpaired) electrons. The molecule has 38 heteroatoms. The van der Waals surface area contributed by atoms with Gasteiger partial charge in [-0.2, -0.15) is 51.0 Å². The summed E-state index contributed by atoms with van der Waals surface area (Å²) in [6.45, 7) is 26.6. The van der Waals surface area contributed by atoms with Gasteiger partial charge in [-0.05, 0) is 223 Å². The van der Waals surface area contributed by atoms with Crippen molar-refractivity contribution in [2.45, 2.75) is 168 Å². The van der Waals surface area contributed by atoms with Crippen molar-refractivity contribution in [1.29, 1.82) is 0 Å². The number of nitrogens with zero attached hydrogens (tertiary/aromatic N) is 20. The van der Waals surface area contributed by atoms with Crippen LogP contribution >= 0.6 is 0 Å². The number of carbonyl (C=O) groups excluding carboxylic acids is 5. The quantitative estimate of drug-likeness (QED) is 0.0284. The molecule has 1 aliphatic carbocycles. The molecule has 756 valence electrons. The van der Waals surface area contributed by atoms with Gasteiger partial charge < -0.3 is 51.1 Å². The number of piperidine rings is 4. The van der Waals surface area contributed by atoms with E-state index in [2.05, 4.69) is 176 Å². The zero-order valence-electron chi connectivity index (χ0n) is 84.1. The maximum Gasteiger partial charge on any atom is 0.272 e. The molecule has 5 aromatic carbocycles. The fourth-order valence-electron chi connectivity index (χ4n) is 20.6. The summed E-state index contributed by atoms with van der Waals surface area (Å²) < 4.78 is 52.8. The number of aromatic amines is 5. The van der Waals surface area contributed by atoms with Crippen molar-refractivity contribution >= 4 is 84.1 Å². The third-order valence-electron chi connectivity index (χ3n) is 28.0. The van der Waals surface area contributed by atoms with Crippen LogP contribution in [0.3, 0.4) is 0 Å². The normalized spacial score (nSPS) is 20.1. The van der Waals surface area contributed by atoms with Crippen LogP contribution in [0, 0.1) is 30.6 Å². The van der Waals surface area contributed by atoms with E-state index < -0.39 is 36.6 Å². The van der Waals surface area contributed by atoms with E-state index in [-0.39, 0.29) is 41.6 Å². The first-order valence-electron chi connectivity index (χ1n) is 50.3. The van der Waals surface area contributed by atoms with Crippen molar-refractivity contribution in [3.63, 3.8) is 0 Å². The molecule has 143 heavy (non-hydrogen) atoms.